The fourth-order valence-electron chi connectivity index (χ4n) is 5.56. The molecule has 1 unspecified atom stereocenters. The van der Waals surface area contributed by atoms with Gasteiger partial charge in [-0.3, -0.25) is 19.0 Å². The van der Waals surface area contributed by atoms with Gasteiger partial charge in [-0.15, -0.1) is 0 Å². The van der Waals surface area contributed by atoms with Crippen molar-refractivity contribution in [2.24, 2.45) is 0 Å². The minimum atomic E-state index is -3.89. The highest BCUT2D eigenvalue weighted by molar-refractivity contribution is 7.92. The number of hydrogen-bond acceptors (Lipinski definition) is 8. The number of alkyl halides is 1. The summed E-state index contributed by atoms with van der Waals surface area (Å²) < 4.78 is 72.7. The van der Waals surface area contributed by atoms with Crippen LogP contribution in [-0.2, 0) is 10.0 Å². The Kier molecular flexibility index (Phi) is 8.51. The Morgan fingerprint density at radius 2 is 1.76 bits per heavy atom. The van der Waals surface area contributed by atoms with Crippen molar-refractivity contribution in [2.45, 2.75) is 12.6 Å². The Hall–Kier alpha value is -4.78. The van der Waals surface area contributed by atoms with Crippen molar-refractivity contribution in [3.05, 3.63) is 90.4 Å². The van der Waals surface area contributed by atoms with E-state index in [4.69, 9.17) is 13.6 Å². The monoisotopic (exact) mass is 647 g/mol. The summed E-state index contributed by atoms with van der Waals surface area (Å²) in [6.07, 6.45) is 1.50. The van der Waals surface area contributed by atoms with Crippen LogP contribution in [0.2, 0.25) is 0 Å². The third-order valence-electron chi connectivity index (χ3n) is 7.73. The number of benzene rings is 3. The number of nitrogens with one attached hydrogen (secondary N) is 1. The molecule has 3 aromatic heterocycles. The topological polar surface area (TPSA) is 118 Å². The highest BCUT2D eigenvalue weighted by atomic mass is 32.2. The molecule has 0 fully saturated rings. The lowest BCUT2D eigenvalue weighted by molar-refractivity contribution is 0.150. The van der Waals surface area contributed by atoms with Crippen LogP contribution >= 0.6 is 0 Å². The number of rotatable bonds is 11. The minimum absolute atomic E-state index is 0.0346. The van der Waals surface area contributed by atoms with Crippen molar-refractivity contribution < 1.29 is 35.9 Å². The van der Waals surface area contributed by atoms with Crippen molar-refractivity contribution in [3.8, 4) is 39.5 Å². The van der Waals surface area contributed by atoms with Crippen LogP contribution in [0.4, 0.5) is 14.5 Å². The fourth-order valence-corrected chi connectivity index (χ4v) is 6.53. The summed E-state index contributed by atoms with van der Waals surface area (Å²) in [7, 11) is -0.781. The van der Waals surface area contributed by atoms with Gasteiger partial charge >= 0.3 is 0 Å². The molecular formula is C34H31F2N3O6S. The zero-order valence-corrected chi connectivity index (χ0v) is 26.1. The smallest absolute Gasteiger partial charge is 0.232 e. The third-order valence-corrected chi connectivity index (χ3v) is 8.91. The van der Waals surface area contributed by atoms with Gasteiger partial charge in [0.25, 0.3) is 0 Å². The molecule has 3 aromatic carbocycles. The summed E-state index contributed by atoms with van der Waals surface area (Å²) in [5.41, 5.74) is 4.28. The Morgan fingerprint density at radius 3 is 2.43 bits per heavy atom. The van der Waals surface area contributed by atoms with Gasteiger partial charge in [-0.2, -0.15) is 0 Å². The molecular weight excluding hydrogens is 616 g/mol. The van der Waals surface area contributed by atoms with Crippen LogP contribution in [0.5, 0.6) is 5.75 Å². The highest BCUT2D eigenvalue weighted by Crippen LogP contribution is 2.45. The van der Waals surface area contributed by atoms with Crippen LogP contribution in [-0.4, -0.2) is 52.1 Å². The second kappa shape index (κ2) is 12.5. The second-order valence-corrected chi connectivity index (χ2v) is 12.6. The highest BCUT2D eigenvalue weighted by Gasteiger charge is 2.28. The lowest BCUT2D eigenvalue weighted by atomic mass is 9.96. The first-order valence-corrected chi connectivity index (χ1v) is 16.3. The van der Waals surface area contributed by atoms with E-state index in [-0.39, 0.29) is 30.0 Å². The zero-order valence-electron chi connectivity index (χ0n) is 25.3. The SMILES string of the molecule is CNC(O)c1c(-c2ccc(F)cc2)oc2cc(N(CCCF)S(C)(=O)=O)c(-c3ccc(OC)c(-c4cc5ncccc5o4)c3)cc12. The number of aliphatic hydroxyl groups is 1. The number of hydrogen-bond donors (Lipinski definition) is 2. The van der Waals surface area contributed by atoms with E-state index >= 15 is 0 Å². The van der Waals surface area contributed by atoms with Crippen LogP contribution in [0.15, 0.2) is 87.8 Å². The molecule has 46 heavy (non-hydrogen) atoms. The molecule has 0 aliphatic carbocycles. The van der Waals surface area contributed by atoms with Crippen molar-refractivity contribution in [3.63, 3.8) is 0 Å². The molecule has 12 heteroatoms. The first kappa shape index (κ1) is 31.2. The third kappa shape index (κ3) is 5.82. The van der Waals surface area contributed by atoms with E-state index in [1.54, 1.807) is 55.7 Å². The Balaban J connectivity index is 1.65. The first-order valence-electron chi connectivity index (χ1n) is 14.4. The summed E-state index contributed by atoms with van der Waals surface area (Å²) in [6, 6.07) is 19.6. The van der Waals surface area contributed by atoms with Gasteiger partial charge in [-0.05, 0) is 73.6 Å². The fraction of sp³-hybridized carbons (Fsp3) is 0.206. The Morgan fingerprint density at radius 1 is 1.00 bits per heavy atom. The molecule has 0 amide bonds. The molecule has 238 valence electrons. The van der Waals surface area contributed by atoms with Crippen LogP contribution in [0.1, 0.15) is 18.2 Å². The van der Waals surface area contributed by atoms with E-state index in [1.165, 1.54) is 31.4 Å². The number of sulfonamides is 1. The molecule has 2 N–H and O–H groups in total. The van der Waals surface area contributed by atoms with Gasteiger partial charge in [-0.25, -0.2) is 12.8 Å². The van der Waals surface area contributed by atoms with Crippen molar-refractivity contribution >= 4 is 37.8 Å². The number of ether oxygens (including phenoxy) is 1. The summed E-state index contributed by atoms with van der Waals surface area (Å²) in [4.78, 5) is 4.36. The van der Waals surface area contributed by atoms with Crippen molar-refractivity contribution in [1.29, 1.82) is 0 Å². The summed E-state index contributed by atoms with van der Waals surface area (Å²) >= 11 is 0. The largest absolute Gasteiger partial charge is 0.496 e. The number of methoxy groups -OCH3 is 1. The molecule has 0 aliphatic heterocycles. The zero-order chi connectivity index (χ0) is 32.6. The van der Waals surface area contributed by atoms with E-state index in [0.717, 1.165) is 10.6 Å². The van der Waals surface area contributed by atoms with Gasteiger partial charge in [-0.1, -0.05) is 6.07 Å². The molecule has 0 spiro atoms. The minimum Gasteiger partial charge on any atom is -0.496 e. The lowest BCUT2D eigenvalue weighted by Gasteiger charge is -2.25. The lowest BCUT2D eigenvalue weighted by Crippen LogP contribution is -2.31. The Labute approximate surface area is 264 Å². The summed E-state index contributed by atoms with van der Waals surface area (Å²) in [6.45, 7) is -0.839. The van der Waals surface area contributed by atoms with Gasteiger partial charge in [0.2, 0.25) is 10.0 Å². The van der Waals surface area contributed by atoms with Crippen molar-refractivity contribution in [2.75, 3.05) is 37.9 Å². The van der Waals surface area contributed by atoms with Crippen LogP contribution < -0.4 is 14.4 Å². The molecule has 0 radical (unpaired) electrons. The molecule has 0 bridgehead atoms. The van der Waals surface area contributed by atoms with E-state index in [2.05, 4.69) is 10.3 Å². The standard InChI is InChI=1S/C34H31F2N3O6S/c1-37-34(40)32-25-17-23(21-9-12-28(43-2)24(16-21)30-18-26-29(44-30)6-4-14-38-26)27(39(15-5-13-35)46(3,41)42)19-31(25)45-33(32)20-7-10-22(36)11-8-20/h4,6-12,14,16-19,34,37,40H,5,13,15H2,1-3H3. The maximum absolute atomic E-state index is 13.8. The van der Waals surface area contributed by atoms with Crippen LogP contribution in [0, 0.1) is 5.82 Å². The summed E-state index contributed by atoms with van der Waals surface area (Å²) in [5.74, 6) is 0.837. The average molecular weight is 648 g/mol. The number of aromatic nitrogens is 1. The first-order chi connectivity index (χ1) is 22.1. The molecule has 0 aliphatic rings. The molecule has 3 heterocycles. The number of furan rings is 2. The number of pyridine rings is 1. The van der Waals surface area contributed by atoms with E-state index in [0.29, 0.717) is 55.8 Å². The van der Waals surface area contributed by atoms with Crippen molar-refractivity contribution in [1.82, 2.24) is 10.3 Å². The quantitative estimate of drug-likeness (QED) is 0.144. The molecule has 0 saturated heterocycles. The van der Waals surface area contributed by atoms with Gasteiger partial charge in [0, 0.05) is 47.0 Å². The van der Waals surface area contributed by atoms with Gasteiger partial charge in [0.15, 0.2) is 5.58 Å². The van der Waals surface area contributed by atoms with Gasteiger partial charge in [0.1, 0.15) is 40.4 Å². The normalized spacial score (nSPS) is 12.6. The predicted octanol–water partition coefficient (Wildman–Crippen LogP) is 7.06. The van der Waals surface area contributed by atoms with Gasteiger partial charge < -0.3 is 18.7 Å². The maximum Gasteiger partial charge on any atom is 0.232 e. The number of fused-ring (bicyclic) bond motifs is 2. The molecule has 0 saturated carbocycles. The molecule has 6 aromatic rings. The number of nitrogens with zero attached hydrogens (tertiary/aromatic N) is 2. The summed E-state index contributed by atoms with van der Waals surface area (Å²) in [5, 5.41) is 14.4. The molecule has 9 nitrogen and oxygen atoms in total. The number of aliphatic hydroxyl groups excluding tert-OH is 1. The number of halogens is 2. The maximum atomic E-state index is 13.8. The number of anilines is 1. The molecule has 1 atom stereocenters. The van der Waals surface area contributed by atoms with Gasteiger partial charge in [0.05, 0.1) is 31.3 Å². The Bertz CT molecular complexity index is 2110. The van der Waals surface area contributed by atoms with E-state index < -0.39 is 28.7 Å². The van der Waals surface area contributed by atoms with E-state index in [1.807, 2.05) is 6.07 Å². The van der Waals surface area contributed by atoms with Crippen LogP contribution in [0.25, 0.3) is 55.8 Å². The molecule has 6 rings (SSSR count). The van der Waals surface area contributed by atoms with Crippen LogP contribution in [0.3, 0.4) is 0 Å². The average Bonchev–Trinajstić information content (AvgIpc) is 3.65. The predicted molar refractivity (Wildman–Crippen MR) is 173 cm³/mol. The van der Waals surface area contributed by atoms with E-state index in [9.17, 15) is 22.3 Å². The second-order valence-electron chi connectivity index (χ2n) is 10.7.